The second kappa shape index (κ2) is 3.74. The van der Waals surface area contributed by atoms with Gasteiger partial charge in [0.1, 0.15) is 17.8 Å². The first kappa shape index (κ1) is 10.1. The number of carbonyl (C=O) groups excluding carboxylic acids is 1. The van der Waals surface area contributed by atoms with E-state index in [2.05, 4.69) is 0 Å². The van der Waals surface area contributed by atoms with Crippen LogP contribution in [0.2, 0.25) is 0 Å². The van der Waals surface area contributed by atoms with Gasteiger partial charge in [-0.15, -0.1) is 0 Å². The van der Waals surface area contributed by atoms with Crippen LogP contribution in [0.25, 0.3) is 0 Å². The van der Waals surface area contributed by atoms with Gasteiger partial charge in [0.25, 0.3) is 0 Å². The number of benzene rings is 2. The highest BCUT2D eigenvalue weighted by Gasteiger charge is 2.27. The predicted octanol–water partition coefficient (Wildman–Crippen LogP) is 3.43. The summed E-state index contributed by atoms with van der Waals surface area (Å²) >= 11 is 0. The Labute approximate surface area is 99.9 Å². The van der Waals surface area contributed by atoms with Gasteiger partial charge in [-0.25, -0.2) is 0 Å². The molecule has 0 N–H and O–H groups in total. The summed E-state index contributed by atoms with van der Waals surface area (Å²) in [6.07, 6.45) is 0.986. The lowest BCUT2D eigenvalue weighted by Gasteiger charge is -2.25. The molecule has 3 rings (SSSR count). The Bertz CT molecular complexity index is 587. The Morgan fingerprint density at radius 2 is 1.82 bits per heavy atom. The molecule has 0 spiro atoms. The molecule has 2 aromatic rings. The van der Waals surface area contributed by atoms with Crippen LogP contribution in [-0.2, 0) is 4.79 Å². The molecule has 2 heteroatoms. The van der Waals surface area contributed by atoms with Gasteiger partial charge >= 0.3 is 0 Å². The Kier molecular flexibility index (Phi) is 2.22. The van der Waals surface area contributed by atoms with E-state index in [0.29, 0.717) is 0 Å². The molecule has 0 aliphatic carbocycles. The molecule has 1 aliphatic heterocycles. The summed E-state index contributed by atoms with van der Waals surface area (Å²) in [5, 5.41) is 0. The van der Waals surface area contributed by atoms with E-state index >= 15 is 0 Å². The van der Waals surface area contributed by atoms with Crippen molar-refractivity contribution in [3.05, 3.63) is 59.2 Å². The molecular formula is C15H12O2. The molecule has 1 heterocycles. The van der Waals surface area contributed by atoms with Gasteiger partial charge in [0.15, 0.2) is 0 Å². The summed E-state index contributed by atoms with van der Waals surface area (Å²) in [5.74, 6) is 1.39. The zero-order valence-electron chi connectivity index (χ0n) is 9.51. The number of rotatable bonds is 1. The highest BCUT2D eigenvalue weighted by molar-refractivity contribution is 5.74. The Morgan fingerprint density at radius 3 is 2.65 bits per heavy atom. The fourth-order valence-corrected chi connectivity index (χ4v) is 2.31. The van der Waals surface area contributed by atoms with Gasteiger partial charge in [-0.1, -0.05) is 36.4 Å². The highest BCUT2D eigenvalue weighted by Crippen LogP contribution is 2.44. The number of hydrogen-bond acceptors (Lipinski definition) is 2. The van der Waals surface area contributed by atoms with E-state index in [1.807, 2.05) is 49.4 Å². The van der Waals surface area contributed by atoms with Crippen LogP contribution in [0.4, 0.5) is 0 Å². The second-order valence-corrected chi connectivity index (χ2v) is 4.25. The Hall–Kier alpha value is -2.09. The van der Waals surface area contributed by atoms with E-state index in [4.69, 9.17) is 4.74 Å². The van der Waals surface area contributed by atoms with Crippen LogP contribution in [0.1, 0.15) is 22.6 Å². The van der Waals surface area contributed by atoms with Crippen LogP contribution < -0.4 is 4.74 Å². The van der Waals surface area contributed by atoms with E-state index in [-0.39, 0.29) is 5.92 Å². The number of ether oxygens (including phenoxy) is 1. The topological polar surface area (TPSA) is 26.3 Å². The van der Waals surface area contributed by atoms with Crippen LogP contribution in [0.15, 0.2) is 42.5 Å². The van der Waals surface area contributed by atoms with Gasteiger partial charge in [-0.3, -0.25) is 0 Å². The third-order valence-electron chi connectivity index (χ3n) is 3.18. The second-order valence-electron chi connectivity index (χ2n) is 4.25. The van der Waals surface area contributed by atoms with Crippen LogP contribution in [0, 0.1) is 6.92 Å². The van der Waals surface area contributed by atoms with Crippen molar-refractivity contribution in [1.82, 2.24) is 0 Å². The molecule has 0 aromatic heterocycles. The predicted molar refractivity (Wildman–Crippen MR) is 65.6 cm³/mol. The fourth-order valence-electron chi connectivity index (χ4n) is 2.31. The average Bonchev–Trinajstić information content (AvgIpc) is 2.37. The van der Waals surface area contributed by atoms with Crippen LogP contribution in [0.5, 0.6) is 11.5 Å². The Morgan fingerprint density at radius 1 is 1.06 bits per heavy atom. The van der Waals surface area contributed by atoms with Crippen molar-refractivity contribution in [3.63, 3.8) is 0 Å². The number of fused-ring (bicyclic) bond motifs is 2. The SMILES string of the molecule is Cc1cccc2c1Oc1ccccc1C2C=O. The molecule has 1 aliphatic rings. The third-order valence-corrected chi connectivity index (χ3v) is 3.18. The number of carbonyl (C=O) groups is 1. The van der Waals surface area contributed by atoms with E-state index in [1.165, 1.54) is 0 Å². The standard InChI is InChI=1S/C15H12O2/c1-10-5-4-7-12-13(9-16)11-6-2-3-8-14(11)17-15(10)12/h2-9,13H,1H3. The molecule has 1 atom stereocenters. The third kappa shape index (κ3) is 1.45. The molecular weight excluding hydrogens is 212 g/mol. The molecule has 0 saturated heterocycles. The van der Waals surface area contributed by atoms with Gasteiger partial charge in [0.2, 0.25) is 0 Å². The van der Waals surface area contributed by atoms with E-state index in [1.54, 1.807) is 0 Å². The molecule has 0 amide bonds. The van der Waals surface area contributed by atoms with Gasteiger partial charge in [0.05, 0.1) is 5.92 Å². The van der Waals surface area contributed by atoms with Crippen molar-refractivity contribution >= 4 is 6.29 Å². The van der Waals surface area contributed by atoms with Crippen LogP contribution in [-0.4, -0.2) is 6.29 Å². The molecule has 0 radical (unpaired) electrons. The van der Waals surface area contributed by atoms with Gasteiger partial charge < -0.3 is 9.53 Å². The lowest BCUT2D eigenvalue weighted by atomic mass is 9.88. The zero-order chi connectivity index (χ0) is 11.8. The summed E-state index contributed by atoms with van der Waals surface area (Å²) in [6.45, 7) is 1.99. The van der Waals surface area contributed by atoms with Crippen molar-refractivity contribution < 1.29 is 9.53 Å². The molecule has 2 nitrogen and oxygen atoms in total. The minimum atomic E-state index is -0.213. The highest BCUT2D eigenvalue weighted by atomic mass is 16.5. The molecule has 0 fully saturated rings. The molecule has 2 aromatic carbocycles. The molecule has 84 valence electrons. The van der Waals surface area contributed by atoms with Crippen molar-refractivity contribution in [2.24, 2.45) is 0 Å². The quantitative estimate of drug-likeness (QED) is 0.694. The van der Waals surface area contributed by atoms with Gasteiger partial charge in [0, 0.05) is 11.1 Å². The largest absolute Gasteiger partial charge is 0.456 e. The normalized spacial score (nSPS) is 16.6. The molecule has 1 unspecified atom stereocenters. The maximum atomic E-state index is 11.3. The maximum absolute atomic E-state index is 11.3. The van der Waals surface area contributed by atoms with Crippen molar-refractivity contribution in [2.75, 3.05) is 0 Å². The first-order valence-electron chi connectivity index (χ1n) is 5.63. The number of para-hydroxylation sites is 2. The van der Waals surface area contributed by atoms with E-state index < -0.39 is 0 Å². The lowest BCUT2D eigenvalue weighted by molar-refractivity contribution is -0.108. The number of hydrogen-bond donors (Lipinski definition) is 0. The van der Waals surface area contributed by atoms with E-state index in [9.17, 15) is 4.79 Å². The monoisotopic (exact) mass is 224 g/mol. The van der Waals surface area contributed by atoms with Crippen molar-refractivity contribution in [3.8, 4) is 11.5 Å². The summed E-state index contributed by atoms with van der Waals surface area (Å²) < 4.78 is 5.88. The van der Waals surface area contributed by atoms with E-state index in [0.717, 1.165) is 34.5 Å². The van der Waals surface area contributed by atoms with Crippen LogP contribution in [0.3, 0.4) is 0 Å². The minimum Gasteiger partial charge on any atom is -0.456 e. The van der Waals surface area contributed by atoms with Crippen LogP contribution >= 0.6 is 0 Å². The smallest absolute Gasteiger partial charge is 0.134 e. The molecule has 17 heavy (non-hydrogen) atoms. The number of aryl methyl sites for hydroxylation is 1. The fraction of sp³-hybridized carbons (Fsp3) is 0.133. The first-order chi connectivity index (χ1) is 8.31. The van der Waals surface area contributed by atoms with Gasteiger partial charge in [-0.2, -0.15) is 0 Å². The lowest BCUT2D eigenvalue weighted by Crippen LogP contribution is -2.11. The van der Waals surface area contributed by atoms with Crippen molar-refractivity contribution in [2.45, 2.75) is 12.8 Å². The summed E-state index contributed by atoms with van der Waals surface area (Å²) in [6, 6.07) is 13.6. The summed E-state index contributed by atoms with van der Waals surface area (Å²) in [5.41, 5.74) is 2.96. The average molecular weight is 224 g/mol. The Balaban J connectivity index is 2.25. The minimum absolute atomic E-state index is 0.213. The number of aldehydes is 1. The first-order valence-corrected chi connectivity index (χ1v) is 5.63. The van der Waals surface area contributed by atoms with Crippen molar-refractivity contribution in [1.29, 1.82) is 0 Å². The maximum Gasteiger partial charge on any atom is 0.134 e. The zero-order valence-corrected chi connectivity index (χ0v) is 9.51. The molecule has 0 bridgehead atoms. The molecule has 0 saturated carbocycles. The van der Waals surface area contributed by atoms with Gasteiger partial charge in [-0.05, 0) is 18.6 Å². The summed E-state index contributed by atoms with van der Waals surface area (Å²) in [7, 11) is 0. The summed E-state index contributed by atoms with van der Waals surface area (Å²) in [4.78, 5) is 11.3.